The molecule has 10 heteroatoms. The van der Waals surface area contributed by atoms with Crippen LogP contribution < -0.4 is 16.0 Å². The normalized spacial score (nSPS) is 10.9. The van der Waals surface area contributed by atoms with E-state index in [0.29, 0.717) is 39.5 Å². The van der Waals surface area contributed by atoms with Crippen LogP contribution in [0.25, 0.3) is 0 Å². The van der Waals surface area contributed by atoms with E-state index in [0.717, 1.165) is 37.6 Å². The van der Waals surface area contributed by atoms with Gasteiger partial charge in [0.1, 0.15) is 0 Å². The second kappa shape index (κ2) is 18.4. The van der Waals surface area contributed by atoms with Crippen LogP contribution >= 0.6 is 24.0 Å². The van der Waals surface area contributed by atoms with Crippen molar-refractivity contribution in [1.29, 1.82) is 0 Å². The molecule has 0 atom stereocenters. The number of nitrogens with one attached hydrogen (secondary N) is 3. The molecule has 29 heavy (non-hydrogen) atoms. The number of hydrogen-bond acceptors (Lipinski definition) is 6. The number of aliphatic imine (C=N–C) groups is 1. The summed E-state index contributed by atoms with van der Waals surface area (Å²) in [6, 6.07) is 6.35. The molecule has 3 N–H and O–H groups in total. The van der Waals surface area contributed by atoms with Crippen molar-refractivity contribution in [3.05, 3.63) is 34.4 Å². The molecule has 9 nitrogen and oxygen atoms in total. The Hall–Kier alpha value is -1.66. The van der Waals surface area contributed by atoms with Crippen molar-refractivity contribution in [2.45, 2.75) is 26.7 Å². The number of nitrogens with zero attached hydrogens (tertiary/aromatic N) is 2. The van der Waals surface area contributed by atoms with Crippen molar-refractivity contribution in [3.63, 3.8) is 0 Å². The summed E-state index contributed by atoms with van der Waals surface area (Å²) in [5.41, 5.74) is 0.920. The molecule has 1 aromatic rings. The number of rotatable bonds is 15. The first-order valence-electron chi connectivity index (χ1n) is 9.83. The summed E-state index contributed by atoms with van der Waals surface area (Å²) in [4.78, 5) is 14.7. The summed E-state index contributed by atoms with van der Waals surface area (Å²) < 4.78 is 10.9. The quantitative estimate of drug-likeness (QED) is 0.0810. The topological polar surface area (TPSA) is 110 Å². The third kappa shape index (κ3) is 14.0. The molecule has 0 saturated heterocycles. The van der Waals surface area contributed by atoms with Crippen LogP contribution in [0.4, 0.5) is 11.4 Å². The summed E-state index contributed by atoms with van der Waals surface area (Å²) >= 11 is 0. The van der Waals surface area contributed by atoms with Crippen molar-refractivity contribution in [3.8, 4) is 0 Å². The van der Waals surface area contributed by atoms with Gasteiger partial charge in [0.25, 0.3) is 5.69 Å². The largest absolute Gasteiger partial charge is 0.383 e. The van der Waals surface area contributed by atoms with Crippen molar-refractivity contribution < 1.29 is 14.4 Å². The van der Waals surface area contributed by atoms with E-state index in [1.165, 1.54) is 12.1 Å². The zero-order valence-electron chi connectivity index (χ0n) is 17.3. The molecule has 1 aromatic carbocycles. The Morgan fingerprint density at radius 1 is 1.03 bits per heavy atom. The zero-order valence-corrected chi connectivity index (χ0v) is 19.6. The SMILES string of the molecule is CCCCOCCOCCN=C(NCC)NCCNc1ccc([N+](=O)[O-])cc1.I. The first-order chi connectivity index (χ1) is 13.7. The fraction of sp³-hybridized carbons (Fsp3) is 0.632. The summed E-state index contributed by atoms with van der Waals surface area (Å²) in [5.74, 6) is 0.732. The Labute approximate surface area is 190 Å². The summed E-state index contributed by atoms with van der Waals surface area (Å²) in [5, 5.41) is 20.3. The standard InChI is InChI=1S/C19H33N5O4.HI/c1-3-5-13-27-15-16-28-14-12-23-19(20-4-2)22-11-10-21-17-6-8-18(9-7-17)24(25)26;/h6-9,21H,3-5,10-16H2,1-2H3,(H2,20,22,23);1H. The van der Waals surface area contributed by atoms with E-state index in [9.17, 15) is 10.1 Å². The number of non-ortho nitro benzene ring substituents is 1. The Kier molecular flexibility index (Phi) is 17.3. The zero-order chi connectivity index (χ0) is 20.5. The lowest BCUT2D eigenvalue weighted by Gasteiger charge is -2.12. The van der Waals surface area contributed by atoms with Crippen LogP contribution in [0, 0.1) is 10.1 Å². The van der Waals surface area contributed by atoms with Crippen LogP contribution in [0.3, 0.4) is 0 Å². The van der Waals surface area contributed by atoms with Gasteiger partial charge in [-0.05, 0) is 25.5 Å². The maximum atomic E-state index is 10.6. The van der Waals surface area contributed by atoms with Gasteiger partial charge < -0.3 is 25.4 Å². The summed E-state index contributed by atoms with van der Waals surface area (Å²) in [7, 11) is 0. The van der Waals surface area contributed by atoms with Gasteiger partial charge in [0.2, 0.25) is 0 Å². The molecule has 0 saturated carbocycles. The van der Waals surface area contributed by atoms with Gasteiger partial charge >= 0.3 is 0 Å². The van der Waals surface area contributed by atoms with E-state index in [-0.39, 0.29) is 29.7 Å². The predicted octanol–water partition coefficient (Wildman–Crippen LogP) is 3.01. The Bertz CT molecular complexity index is 572. The minimum Gasteiger partial charge on any atom is -0.383 e. The van der Waals surface area contributed by atoms with Crippen molar-refractivity contribution in [2.75, 3.05) is 57.9 Å². The molecular weight excluding hydrogens is 489 g/mol. The number of ether oxygens (including phenoxy) is 2. The molecule has 0 bridgehead atoms. The molecule has 0 fully saturated rings. The molecule has 0 radical (unpaired) electrons. The molecular formula is C19H34IN5O4. The van der Waals surface area contributed by atoms with Crippen molar-refractivity contribution in [2.24, 2.45) is 4.99 Å². The molecule has 0 heterocycles. The van der Waals surface area contributed by atoms with Crippen molar-refractivity contribution >= 4 is 41.3 Å². The van der Waals surface area contributed by atoms with Crippen LogP contribution in [0.1, 0.15) is 26.7 Å². The van der Waals surface area contributed by atoms with E-state index >= 15 is 0 Å². The number of halogens is 1. The Morgan fingerprint density at radius 3 is 2.34 bits per heavy atom. The van der Waals surface area contributed by atoms with E-state index in [4.69, 9.17) is 9.47 Å². The lowest BCUT2D eigenvalue weighted by Crippen LogP contribution is -2.39. The highest BCUT2D eigenvalue weighted by Crippen LogP contribution is 2.14. The van der Waals surface area contributed by atoms with Crippen molar-refractivity contribution in [1.82, 2.24) is 10.6 Å². The fourth-order valence-electron chi connectivity index (χ4n) is 2.22. The molecule has 166 valence electrons. The van der Waals surface area contributed by atoms with Gasteiger partial charge in [-0.3, -0.25) is 15.1 Å². The molecule has 1 rings (SSSR count). The third-order valence-electron chi connectivity index (χ3n) is 3.69. The highest BCUT2D eigenvalue weighted by molar-refractivity contribution is 14.0. The maximum Gasteiger partial charge on any atom is 0.269 e. The van der Waals surface area contributed by atoms with Gasteiger partial charge in [-0.2, -0.15) is 0 Å². The lowest BCUT2D eigenvalue weighted by molar-refractivity contribution is -0.384. The molecule has 0 spiro atoms. The Balaban J connectivity index is 0.00000784. The van der Waals surface area contributed by atoms with E-state index in [2.05, 4.69) is 27.9 Å². The fourth-order valence-corrected chi connectivity index (χ4v) is 2.22. The van der Waals surface area contributed by atoms with Gasteiger partial charge in [0.15, 0.2) is 5.96 Å². The van der Waals surface area contributed by atoms with Crippen LogP contribution in [-0.4, -0.2) is 63.5 Å². The minimum absolute atomic E-state index is 0. The molecule has 0 aliphatic heterocycles. The maximum absolute atomic E-state index is 10.6. The van der Waals surface area contributed by atoms with Gasteiger partial charge in [-0.1, -0.05) is 13.3 Å². The number of guanidine groups is 1. The van der Waals surface area contributed by atoms with E-state index in [1.807, 2.05) is 6.92 Å². The number of anilines is 1. The molecule has 0 aromatic heterocycles. The number of nitro benzene ring substituents is 1. The Morgan fingerprint density at radius 2 is 1.72 bits per heavy atom. The molecule has 0 aliphatic rings. The van der Waals surface area contributed by atoms with Gasteiger partial charge in [-0.15, -0.1) is 24.0 Å². The smallest absolute Gasteiger partial charge is 0.269 e. The molecule has 0 amide bonds. The second-order valence-corrected chi connectivity index (χ2v) is 6.00. The summed E-state index contributed by atoms with van der Waals surface area (Å²) in [6.45, 7) is 9.36. The number of benzene rings is 1. The number of nitro groups is 1. The van der Waals surface area contributed by atoms with Crippen LogP contribution in [0.15, 0.2) is 29.3 Å². The van der Waals surface area contributed by atoms with Gasteiger partial charge in [0, 0.05) is 44.1 Å². The van der Waals surface area contributed by atoms with Crippen LogP contribution in [-0.2, 0) is 9.47 Å². The second-order valence-electron chi connectivity index (χ2n) is 6.00. The van der Waals surface area contributed by atoms with Gasteiger partial charge in [0.05, 0.1) is 31.3 Å². The average Bonchev–Trinajstić information content (AvgIpc) is 2.70. The van der Waals surface area contributed by atoms with Gasteiger partial charge in [-0.25, -0.2) is 0 Å². The van der Waals surface area contributed by atoms with E-state index in [1.54, 1.807) is 12.1 Å². The molecule has 0 aliphatic carbocycles. The summed E-state index contributed by atoms with van der Waals surface area (Å²) in [6.07, 6.45) is 2.22. The van der Waals surface area contributed by atoms with Crippen LogP contribution in [0.5, 0.6) is 0 Å². The number of hydrogen-bond donors (Lipinski definition) is 3. The lowest BCUT2D eigenvalue weighted by atomic mass is 10.3. The monoisotopic (exact) mass is 523 g/mol. The minimum atomic E-state index is -0.409. The number of unbranched alkanes of at least 4 members (excludes halogenated alkanes) is 1. The molecule has 0 unspecified atom stereocenters. The highest BCUT2D eigenvalue weighted by atomic mass is 127. The third-order valence-corrected chi connectivity index (χ3v) is 3.69. The first-order valence-corrected chi connectivity index (χ1v) is 9.83. The van der Waals surface area contributed by atoms with Crippen LogP contribution in [0.2, 0.25) is 0 Å². The average molecular weight is 523 g/mol. The predicted molar refractivity (Wildman–Crippen MR) is 128 cm³/mol. The highest BCUT2D eigenvalue weighted by Gasteiger charge is 2.03. The van der Waals surface area contributed by atoms with E-state index < -0.39 is 4.92 Å². The first kappa shape index (κ1) is 27.3.